The molecule has 82 valence electrons. The molecular formula is C10H12FNO3. The predicted octanol–water partition coefficient (Wildman–Crippen LogP) is 1.34. The van der Waals surface area contributed by atoms with Crippen LogP contribution in [0.25, 0.3) is 0 Å². The average molecular weight is 213 g/mol. The van der Waals surface area contributed by atoms with Crippen LogP contribution in [-0.2, 0) is 16.1 Å². The molecule has 0 saturated carbocycles. The number of hydrogen-bond acceptors (Lipinski definition) is 4. The van der Waals surface area contributed by atoms with Gasteiger partial charge in [0.1, 0.15) is 5.82 Å². The van der Waals surface area contributed by atoms with Crippen LogP contribution in [0, 0.1) is 5.82 Å². The van der Waals surface area contributed by atoms with E-state index in [-0.39, 0.29) is 17.9 Å². The van der Waals surface area contributed by atoms with Crippen molar-refractivity contribution in [2.24, 2.45) is 0 Å². The van der Waals surface area contributed by atoms with E-state index >= 15 is 0 Å². The molecule has 2 N–H and O–H groups in total. The van der Waals surface area contributed by atoms with Crippen molar-refractivity contribution in [3.63, 3.8) is 0 Å². The summed E-state index contributed by atoms with van der Waals surface area (Å²) in [4.78, 5) is 11.2. The van der Waals surface area contributed by atoms with E-state index < -0.39 is 11.8 Å². The quantitative estimate of drug-likeness (QED) is 0.608. The molecular weight excluding hydrogens is 201 g/mol. The van der Waals surface area contributed by atoms with Crippen LogP contribution in [0.5, 0.6) is 0 Å². The van der Waals surface area contributed by atoms with Gasteiger partial charge in [-0.2, -0.15) is 0 Å². The Balaban J connectivity index is 3.16. The molecule has 5 heteroatoms. The molecule has 0 aromatic heterocycles. The molecule has 0 heterocycles. The number of methoxy groups -OCH3 is 2. The van der Waals surface area contributed by atoms with Crippen molar-refractivity contribution >= 4 is 11.7 Å². The minimum absolute atomic E-state index is 0.00972. The second-order valence-electron chi connectivity index (χ2n) is 2.96. The van der Waals surface area contributed by atoms with Crippen molar-refractivity contribution in [3.8, 4) is 0 Å². The van der Waals surface area contributed by atoms with Gasteiger partial charge >= 0.3 is 5.97 Å². The SMILES string of the molecule is COCc1cc(C(=O)OC)cc(F)c1N. The number of hydrogen-bond donors (Lipinski definition) is 1. The molecule has 1 aromatic rings. The lowest BCUT2D eigenvalue weighted by Gasteiger charge is -2.08. The van der Waals surface area contributed by atoms with Gasteiger partial charge in [0, 0.05) is 12.7 Å². The second-order valence-corrected chi connectivity index (χ2v) is 2.96. The Labute approximate surface area is 86.8 Å². The lowest BCUT2D eigenvalue weighted by molar-refractivity contribution is 0.0600. The van der Waals surface area contributed by atoms with Crippen LogP contribution in [0.3, 0.4) is 0 Å². The fraction of sp³-hybridized carbons (Fsp3) is 0.300. The van der Waals surface area contributed by atoms with Gasteiger partial charge in [0.15, 0.2) is 0 Å². The second kappa shape index (κ2) is 4.75. The zero-order valence-electron chi connectivity index (χ0n) is 8.54. The third kappa shape index (κ3) is 2.44. The summed E-state index contributed by atoms with van der Waals surface area (Å²) < 4.78 is 22.6. The summed E-state index contributed by atoms with van der Waals surface area (Å²) in [5, 5.41) is 0. The Hall–Kier alpha value is -1.62. The molecule has 0 aliphatic rings. The maximum Gasteiger partial charge on any atom is 0.337 e. The first-order valence-corrected chi connectivity index (χ1v) is 4.25. The van der Waals surface area contributed by atoms with Crippen molar-refractivity contribution in [3.05, 3.63) is 29.1 Å². The number of nitrogen functional groups attached to an aromatic ring is 1. The molecule has 0 saturated heterocycles. The summed E-state index contributed by atoms with van der Waals surface area (Å²) in [7, 11) is 2.69. The molecule has 0 unspecified atom stereocenters. The van der Waals surface area contributed by atoms with E-state index in [4.69, 9.17) is 10.5 Å². The monoisotopic (exact) mass is 213 g/mol. The number of nitrogens with two attached hydrogens (primary N) is 1. The molecule has 0 radical (unpaired) electrons. The Bertz CT molecular complexity index is 379. The number of halogens is 1. The third-order valence-electron chi connectivity index (χ3n) is 1.94. The van der Waals surface area contributed by atoms with Gasteiger partial charge in [-0.25, -0.2) is 9.18 Å². The van der Waals surface area contributed by atoms with Crippen LogP contribution in [0.1, 0.15) is 15.9 Å². The molecule has 1 aromatic carbocycles. The van der Waals surface area contributed by atoms with Crippen molar-refractivity contribution in [1.82, 2.24) is 0 Å². The topological polar surface area (TPSA) is 61.5 Å². The van der Waals surface area contributed by atoms with Gasteiger partial charge in [-0.15, -0.1) is 0 Å². The Morgan fingerprint density at radius 2 is 2.13 bits per heavy atom. The number of esters is 1. The van der Waals surface area contributed by atoms with Crippen molar-refractivity contribution in [2.45, 2.75) is 6.61 Å². The van der Waals surface area contributed by atoms with E-state index in [9.17, 15) is 9.18 Å². The summed E-state index contributed by atoms with van der Waals surface area (Å²) in [6.45, 7) is 0.146. The van der Waals surface area contributed by atoms with Crippen LogP contribution in [-0.4, -0.2) is 20.2 Å². The molecule has 0 spiro atoms. The maximum absolute atomic E-state index is 13.3. The van der Waals surface area contributed by atoms with E-state index in [1.165, 1.54) is 20.3 Å². The number of carbonyl (C=O) groups excluding carboxylic acids is 1. The molecule has 1 rings (SSSR count). The average Bonchev–Trinajstić information content (AvgIpc) is 2.23. The molecule has 0 atom stereocenters. The molecule has 0 bridgehead atoms. The van der Waals surface area contributed by atoms with Crippen molar-refractivity contribution in [1.29, 1.82) is 0 Å². The smallest absolute Gasteiger partial charge is 0.337 e. The summed E-state index contributed by atoms with van der Waals surface area (Å²) in [6, 6.07) is 2.49. The van der Waals surface area contributed by atoms with E-state index in [1.807, 2.05) is 0 Å². The Kier molecular flexibility index (Phi) is 3.62. The largest absolute Gasteiger partial charge is 0.465 e. The van der Waals surface area contributed by atoms with E-state index in [1.54, 1.807) is 0 Å². The fourth-order valence-corrected chi connectivity index (χ4v) is 1.19. The van der Waals surface area contributed by atoms with Gasteiger partial charge in [0.2, 0.25) is 0 Å². The zero-order chi connectivity index (χ0) is 11.4. The highest BCUT2D eigenvalue weighted by molar-refractivity contribution is 5.90. The van der Waals surface area contributed by atoms with Gasteiger partial charge < -0.3 is 15.2 Å². The summed E-state index contributed by atoms with van der Waals surface area (Å²) in [6.07, 6.45) is 0. The van der Waals surface area contributed by atoms with Crippen LogP contribution in [0.15, 0.2) is 12.1 Å². The Morgan fingerprint density at radius 1 is 1.47 bits per heavy atom. The zero-order valence-corrected chi connectivity index (χ0v) is 8.54. The van der Waals surface area contributed by atoms with Gasteiger partial charge in [0.05, 0.1) is 25.0 Å². The summed E-state index contributed by atoms with van der Waals surface area (Å²) >= 11 is 0. The molecule has 4 nitrogen and oxygen atoms in total. The van der Waals surface area contributed by atoms with Crippen LogP contribution < -0.4 is 5.73 Å². The molecule has 0 amide bonds. The number of benzene rings is 1. The van der Waals surface area contributed by atoms with Crippen molar-refractivity contribution in [2.75, 3.05) is 20.0 Å². The molecule has 15 heavy (non-hydrogen) atoms. The highest BCUT2D eigenvalue weighted by Crippen LogP contribution is 2.20. The standard InChI is InChI=1S/C10H12FNO3/c1-14-5-7-3-6(10(13)15-2)4-8(11)9(7)12/h3-4H,5,12H2,1-2H3. The van der Waals surface area contributed by atoms with Crippen LogP contribution in [0.2, 0.25) is 0 Å². The maximum atomic E-state index is 13.3. The van der Waals surface area contributed by atoms with Crippen LogP contribution >= 0.6 is 0 Å². The number of anilines is 1. The van der Waals surface area contributed by atoms with Gasteiger partial charge in [-0.1, -0.05) is 0 Å². The van der Waals surface area contributed by atoms with E-state index in [2.05, 4.69) is 4.74 Å². The summed E-state index contributed by atoms with van der Waals surface area (Å²) in [5.41, 5.74) is 6.01. The van der Waals surface area contributed by atoms with E-state index in [0.717, 1.165) is 6.07 Å². The first kappa shape index (κ1) is 11.5. The fourth-order valence-electron chi connectivity index (χ4n) is 1.19. The lowest BCUT2D eigenvalue weighted by Crippen LogP contribution is -2.06. The highest BCUT2D eigenvalue weighted by atomic mass is 19.1. The van der Waals surface area contributed by atoms with Gasteiger partial charge in [-0.05, 0) is 12.1 Å². The molecule has 0 aliphatic heterocycles. The number of carbonyl (C=O) groups is 1. The normalized spacial score (nSPS) is 10.1. The minimum Gasteiger partial charge on any atom is -0.465 e. The first-order valence-electron chi connectivity index (χ1n) is 4.25. The lowest BCUT2D eigenvalue weighted by atomic mass is 10.1. The first-order chi connectivity index (χ1) is 7.10. The summed E-state index contributed by atoms with van der Waals surface area (Å²) in [5.74, 6) is -1.25. The Morgan fingerprint density at radius 3 is 2.67 bits per heavy atom. The third-order valence-corrected chi connectivity index (χ3v) is 1.94. The molecule has 0 aliphatic carbocycles. The van der Waals surface area contributed by atoms with Crippen LogP contribution in [0.4, 0.5) is 10.1 Å². The predicted molar refractivity (Wildman–Crippen MR) is 52.9 cm³/mol. The van der Waals surface area contributed by atoms with Gasteiger partial charge in [-0.3, -0.25) is 0 Å². The number of rotatable bonds is 3. The molecule has 0 fully saturated rings. The minimum atomic E-state index is -0.648. The van der Waals surface area contributed by atoms with E-state index in [0.29, 0.717) is 5.56 Å². The van der Waals surface area contributed by atoms with Crippen molar-refractivity contribution < 1.29 is 18.7 Å². The number of ether oxygens (including phenoxy) is 2. The highest BCUT2D eigenvalue weighted by Gasteiger charge is 2.12. The van der Waals surface area contributed by atoms with Gasteiger partial charge in [0.25, 0.3) is 0 Å².